The summed E-state index contributed by atoms with van der Waals surface area (Å²) in [6, 6.07) is 14.2. The van der Waals surface area contributed by atoms with Crippen LogP contribution in [0.5, 0.6) is 5.75 Å². The summed E-state index contributed by atoms with van der Waals surface area (Å²) >= 11 is 0. The minimum Gasteiger partial charge on any atom is -0.492 e. The van der Waals surface area contributed by atoms with Crippen LogP contribution in [-0.2, 0) is 10.2 Å². The van der Waals surface area contributed by atoms with E-state index in [-0.39, 0.29) is 11.7 Å². The molecule has 1 aliphatic carbocycles. The quantitative estimate of drug-likeness (QED) is 0.609. The lowest BCUT2D eigenvalue weighted by Gasteiger charge is -2.34. The summed E-state index contributed by atoms with van der Waals surface area (Å²) in [5.41, 5.74) is 0.434. The maximum atomic E-state index is 14.5. The first-order valence-corrected chi connectivity index (χ1v) is 12.0. The van der Waals surface area contributed by atoms with Gasteiger partial charge in [-0.3, -0.25) is 9.69 Å². The Balaban J connectivity index is 1.34. The lowest BCUT2D eigenvalue weighted by atomic mass is 9.77. The Hall–Kier alpha value is -2.40. The molecular formula is C27H35FN2O2. The first kappa shape index (κ1) is 22.8. The van der Waals surface area contributed by atoms with E-state index in [1.165, 1.54) is 12.5 Å². The van der Waals surface area contributed by atoms with E-state index in [4.69, 9.17) is 4.74 Å². The van der Waals surface area contributed by atoms with Gasteiger partial charge in [-0.15, -0.1) is 0 Å². The molecule has 1 amide bonds. The second-order valence-corrected chi connectivity index (χ2v) is 9.80. The summed E-state index contributed by atoms with van der Waals surface area (Å²) in [6.07, 6.45) is 4.53. The zero-order chi connectivity index (χ0) is 22.6. The number of benzene rings is 2. The fourth-order valence-electron chi connectivity index (χ4n) is 5.60. The lowest BCUT2D eigenvalue weighted by molar-refractivity contribution is -0.121. The molecule has 0 spiro atoms. The first-order valence-electron chi connectivity index (χ1n) is 12.0. The number of hydrogen-bond donors (Lipinski definition) is 1. The van der Waals surface area contributed by atoms with Gasteiger partial charge in [-0.25, -0.2) is 4.39 Å². The van der Waals surface area contributed by atoms with Gasteiger partial charge in [-0.1, -0.05) is 44.9 Å². The van der Waals surface area contributed by atoms with E-state index in [0.717, 1.165) is 50.1 Å². The fourth-order valence-corrected chi connectivity index (χ4v) is 5.60. The number of amides is 1. The Morgan fingerprint density at radius 3 is 2.38 bits per heavy atom. The molecule has 1 heterocycles. The molecule has 4 nitrogen and oxygen atoms in total. The van der Waals surface area contributed by atoms with Gasteiger partial charge < -0.3 is 10.1 Å². The minimum atomic E-state index is -0.788. The summed E-state index contributed by atoms with van der Waals surface area (Å²) in [5.74, 6) is 1.86. The number of nitrogens with one attached hydrogen (secondary N) is 1. The molecule has 4 rings (SSSR count). The normalized spacial score (nSPS) is 23.1. The fraction of sp³-hybridized carbons (Fsp3) is 0.519. The standard InChI is InChI=1S/C27H35FN2O2/c1-20-17-21(2)19-30(18-20)15-16-32-23-11-9-22(10-12-23)29-26(31)27(13-5-6-14-27)24-7-3-4-8-25(24)28/h3-4,7-12,20-21H,5-6,13-19H2,1-2H3,(H,29,31)/t20-,21-/m0/s1. The van der Waals surface area contributed by atoms with Gasteiger partial charge >= 0.3 is 0 Å². The van der Waals surface area contributed by atoms with Gasteiger partial charge in [-0.05, 0) is 61.4 Å². The van der Waals surface area contributed by atoms with Crippen LogP contribution in [-0.4, -0.2) is 37.0 Å². The molecule has 2 aromatic carbocycles. The van der Waals surface area contributed by atoms with Crippen molar-refractivity contribution in [3.05, 3.63) is 59.9 Å². The minimum absolute atomic E-state index is 0.123. The molecule has 0 aromatic heterocycles. The highest BCUT2D eigenvalue weighted by molar-refractivity contribution is 5.99. The molecule has 2 fully saturated rings. The number of ether oxygens (including phenoxy) is 1. The molecule has 172 valence electrons. The molecule has 2 atom stereocenters. The van der Waals surface area contributed by atoms with Crippen molar-refractivity contribution in [3.8, 4) is 5.75 Å². The average Bonchev–Trinajstić information content (AvgIpc) is 3.26. The van der Waals surface area contributed by atoms with E-state index in [1.807, 2.05) is 30.3 Å². The van der Waals surface area contributed by atoms with Crippen molar-refractivity contribution < 1.29 is 13.9 Å². The van der Waals surface area contributed by atoms with Crippen molar-refractivity contribution >= 4 is 11.6 Å². The predicted octanol–water partition coefficient (Wildman–Crippen LogP) is 5.63. The molecule has 1 saturated carbocycles. The maximum absolute atomic E-state index is 14.5. The highest BCUT2D eigenvalue weighted by Crippen LogP contribution is 2.43. The van der Waals surface area contributed by atoms with Crippen molar-refractivity contribution in [2.45, 2.75) is 51.4 Å². The van der Waals surface area contributed by atoms with Gasteiger partial charge in [0.15, 0.2) is 0 Å². The molecule has 1 saturated heterocycles. The van der Waals surface area contributed by atoms with Gasteiger partial charge in [-0.2, -0.15) is 0 Å². The van der Waals surface area contributed by atoms with Crippen LogP contribution in [0.25, 0.3) is 0 Å². The first-order chi connectivity index (χ1) is 15.5. The number of hydrogen-bond acceptors (Lipinski definition) is 3. The Labute approximate surface area is 191 Å². The number of carbonyl (C=O) groups excluding carboxylic acids is 1. The zero-order valence-corrected chi connectivity index (χ0v) is 19.3. The van der Waals surface area contributed by atoms with E-state index in [0.29, 0.717) is 30.7 Å². The van der Waals surface area contributed by atoms with Crippen molar-refractivity contribution in [1.29, 1.82) is 0 Å². The van der Waals surface area contributed by atoms with E-state index < -0.39 is 5.41 Å². The van der Waals surface area contributed by atoms with Crippen LogP contribution in [0.3, 0.4) is 0 Å². The molecule has 2 aliphatic rings. The number of likely N-dealkylation sites (tertiary alicyclic amines) is 1. The second kappa shape index (κ2) is 10.0. The van der Waals surface area contributed by atoms with E-state index in [9.17, 15) is 9.18 Å². The van der Waals surface area contributed by atoms with Crippen LogP contribution in [0, 0.1) is 17.7 Å². The van der Waals surface area contributed by atoms with Crippen molar-refractivity contribution in [2.75, 3.05) is 31.6 Å². The number of rotatable bonds is 7. The SMILES string of the molecule is C[C@H]1C[C@H](C)CN(CCOc2ccc(NC(=O)C3(c4ccccc4F)CCCC3)cc2)C1. The van der Waals surface area contributed by atoms with Crippen molar-refractivity contribution in [3.63, 3.8) is 0 Å². The van der Waals surface area contributed by atoms with Gasteiger partial charge in [0.1, 0.15) is 18.2 Å². The van der Waals surface area contributed by atoms with Gasteiger partial charge in [0, 0.05) is 30.9 Å². The van der Waals surface area contributed by atoms with Crippen LogP contribution in [0.15, 0.2) is 48.5 Å². The molecular weight excluding hydrogens is 403 g/mol. The van der Waals surface area contributed by atoms with Gasteiger partial charge in [0.2, 0.25) is 5.91 Å². The Bertz CT molecular complexity index is 898. The number of halogens is 1. The van der Waals surface area contributed by atoms with Crippen LogP contribution >= 0.6 is 0 Å². The van der Waals surface area contributed by atoms with E-state index in [2.05, 4.69) is 24.1 Å². The number of anilines is 1. The van der Waals surface area contributed by atoms with Crippen LogP contribution in [0.2, 0.25) is 0 Å². The summed E-state index contributed by atoms with van der Waals surface area (Å²) in [4.78, 5) is 15.7. The summed E-state index contributed by atoms with van der Waals surface area (Å²) in [5, 5.41) is 3.03. The van der Waals surface area contributed by atoms with Crippen LogP contribution in [0.4, 0.5) is 10.1 Å². The number of nitrogens with zero attached hydrogens (tertiary/aromatic N) is 1. The third kappa shape index (κ3) is 5.15. The molecule has 1 aliphatic heterocycles. The number of piperidine rings is 1. The summed E-state index contributed by atoms with van der Waals surface area (Å²) in [6.45, 7) is 8.50. The predicted molar refractivity (Wildman–Crippen MR) is 126 cm³/mol. The van der Waals surface area contributed by atoms with Gasteiger partial charge in [0.25, 0.3) is 0 Å². The number of carbonyl (C=O) groups is 1. The highest BCUT2D eigenvalue weighted by Gasteiger charge is 2.44. The molecule has 32 heavy (non-hydrogen) atoms. The second-order valence-electron chi connectivity index (χ2n) is 9.80. The third-order valence-corrected chi connectivity index (χ3v) is 7.01. The lowest BCUT2D eigenvalue weighted by Crippen LogP contribution is -2.40. The molecule has 0 bridgehead atoms. The largest absolute Gasteiger partial charge is 0.492 e. The molecule has 5 heteroatoms. The maximum Gasteiger partial charge on any atom is 0.235 e. The topological polar surface area (TPSA) is 41.6 Å². The zero-order valence-electron chi connectivity index (χ0n) is 19.3. The van der Waals surface area contributed by atoms with Crippen molar-refractivity contribution in [1.82, 2.24) is 4.90 Å². The molecule has 1 N–H and O–H groups in total. The summed E-state index contributed by atoms with van der Waals surface area (Å²) < 4.78 is 20.5. The average molecular weight is 439 g/mol. The van der Waals surface area contributed by atoms with E-state index in [1.54, 1.807) is 12.1 Å². The Morgan fingerprint density at radius 1 is 1.06 bits per heavy atom. The van der Waals surface area contributed by atoms with Crippen LogP contribution in [0.1, 0.15) is 51.5 Å². The highest BCUT2D eigenvalue weighted by atomic mass is 19.1. The Morgan fingerprint density at radius 2 is 1.72 bits per heavy atom. The third-order valence-electron chi connectivity index (χ3n) is 7.01. The molecule has 0 unspecified atom stereocenters. The smallest absolute Gasteiger partial charge is 0.235 e. The molecule has 2 aromatic rings. The van der Waals surface area contributed by atoms with E-state index >= 15 is 0 Å². The monoisotopic (exact) mass is 438 g/mol. The van der Waals surface area contributed by atoms with Gasteiger partial charge in [0.05, 0.1) is 5.41 Å². The van der Waals surface area contributed by atoms with Crippen molar-refractivity contribution in [2.24, 2.45) is 11.8 Å². The summed E-state index contributed by atoms with van der Waals surface area (Å²) in [7, 11) is 0. The Kier molecular flexibility index (Phi) is 7.14. The molecule has 0 radical (unpaired) electrons. The van der Waals surface area contributed by atoms with Crippen LogP contribution < -0.4 is 10.1 Å².